The van der Waals surface area contributed by atoms with Gasteiger partial charge in [-0.15, -0.1) is 5.10 Å². The molecule has 122 valence electrons. The molecule has 2 aromatic rings. The van der Waals surface area contributed by atoms with E-state index in [9.17, 15) is 0 Å². The summed E-state index contributed by atoms with van der Waals surface area (Å²) in [5.41, 5.74) is 4.15. The molecule has 0 amide bonds. The van der Waals surface area contributed by atoms with Crippen LogP contribution in [0.2, 0.25) is 0 Å². The molecule has 1 saturated heterocycles. The van der Waals surface area contributed by atoms with Gasteiger partial charge in [0, 0.05) is 31.9 Å². The number of hydrogen-bond donors (Lipinski definition) is 0. The lowest BCUT2D eigenvalue weighted by atomic mass is 10.1. The fraction of sp³-hybridized carbons (Fsp3) is 0.588. The smallest absolute Gasteiger partial charge is 0.165 e. The summed E-state index contributed by atoms with van der Waals surface area (Å²) in [6.07, 6.45) is 2.44. The predicted octanol–water partition coefficient (Wildman–Crippen LogP) is 1.95. The molecule has 1 saturated carbocycles. The number of tetrazole rings is 1. The minimum Gasteiger partial charge on any atom is -0.369 e. The van der Waals surface area contributed by atoms with Gasteiger partial charge in [0.05, 0.1) is 12.6 Å². The van der Waals surface area contributed by atoms with Crippen molar-refractivity contribution in [3.63, 3.8) is 0 Å². The average molecular weight is 312 g/mol. The quantitative estimate of drug-likeness (QED) is 0.863. The Morgan fingerprint density at radius 2 is 1.87 bits per heavy atom. The molecule has 2 fully saturated rings. The van der Waals surface area contributed by atoms with E-state index in [1.807, 2.05) is 4.68 Å². The van der Waals surface area contributed by atoms with E-state index in [2.05, 4.69) is 57.4 Å². The number of rotatable bonds is 4. The summed E-state index contributed by atoms with van der Waals surface area (Å²) in [5, 5.41) is 12.2. The summed E-state index contributed by atoms with van der Waals surface area (Å²) in [6, 6.07) is 7.14. The van der Waals surface area contributed by atoms with Crippen LogP contribution in [-0.2, 0) is 6.54 Å². The summed E-state index contributed by atoms with van der Waals surface area (Å²) in [5.74, 6) is 1.02. The van der Waals surface area contributed by atoms with Gasteiger partial charge in [-0.1, -0.05) is 12.1 Å². The summed E-state index contributed by atoms with van der Waals surface area (Å²) in [4.78, 5) is 4.97. The zero-order valence-electron chi connectivity index (χ0n) is 13.9. The Hall–Kier alpha value is -1.95. The van der Waals surface area contributed by atoms with E-state index in [0.29, 0.717) is 6.04 Å². The van der Waals surface area contributed by atoms with Crippen LogP contribution in [0.5, 0.6) is 0 Å². The maximum atomic E-state index is 4.22. The average Bonchev–Trinajstić information content (AvgIpc) is 3.31. The van der Waals surface area contributed by atoms with E-state index < -0.39 is 0 Å². The van der Waals surface area contributed by atoms with Crippen LogP contribution in [0.4, 0.5) is 5.69 Å². The molecular formula is C17H24N6. The van der Waals surface area contributed by atoms with Crippen LogP contribution in [-0.4, -0.2) is 51.3 Å². The van der Waals surface area contributed by atoms with Crippen LogP contribution in [0.15, 0.2) is 18.2 Å². The van der Waals surface area contributed by atoms with Gasteiger partial charge in [-0.2, -0.15) is 0 Å². The lowest BCUT2D eigenvalue weighted by Crippen LogP contribution is -2.46. The Kier molecular flexibility index (Phi) is 3.77. The molecule has 0 atom stereocenters. The fourth-order valence-corrected chi connectivity index (χ4v) is 3.34. The lowest BCUT2D eigenvalue weighted by molar-refractivity contribution is 0.239. The topological polar surface area (TPSA) is 50.1 Å². The van der Waals surface area contributed by atoms with Crippen molar-refractivity contribution in [1.82, 2.24) is 25.1 Å². The summed E-state index contributed by atoms with van der Waals surface area (Å²) in [6.45, 7) is 9.53. The van der Waals surface area contributed by atoms with Gasteiger partial charge in [0.25, 0.3) is 0 Å². The van der Waals surface area contributed by atoms with Crippen LogP contribution < -0.4 is 4.90 Å². The molecule has 4 rings (SSSR count). The Labute approximate surface area is 137 Å². The van der Waals surface area contributed by atoms with Crippen LogP contribution in [0, 0.1) is 13.8 Å². The van der Waals surface area contributed by atoms with Crippen LogP contribution >= 0.6 is 0 Å². The maximum absolute atomic E-state index is 4.22. The third kappa shape index (κ3) is 2.95. The van der Waals surface area contributed by atoms with Crippen LogP contribution in [0.3, 0.4) is 0 Å². The number of hydrogen-bond acceptors (Lipinski definition) is 5. The molecule has 1 aromatic carbocycles. The van der Waals surface area contributed by atoms with Crippen molar-refractivity contribution in [2.45, 2.75) is 39.3 Å². The van der Waals surface area contributed by atoms with Crippen LogP contribution in [0.1, 0.15) is 35.8 Å². The Balaban J connectivity index is 1.39. The molecule has 2 heterocycles. The number of aromatic nitrogens is 4. The first kappa shape index (κ1) is 14.6. The van der Waals surface area contributed by atoms with Gasteiger partial charge in [-0.3, -0.25) is 4.90 Å². The summed E-state index contributed by atoms with van der Waals surface area (Å²) in [7, 11) is 0. The Morgan fingerprint density at radius 1 is 1.09 bits per heavy atom. The van der Waals surface area contributed by atoms with E-state index >= 15 is 0 Å². The number of benzene rings is 1. The van der Waals surface area contributed by atoms with Crippen molar-refractivity contribution in [3.8, 4) is 0 Å². The van der Waals surface area contributed by atoms with Gasteiger partial charge in [0.15, 0.2) is 5.82 Å². The number of anilines is 1. The lowest BCUT2D eigenvalue weighted by Gasteiger charge is -2.36. The molecule has 23 heavy (non-hydrogen) atoms. The molecule has 6 nitrogen and oxygen atoms in total. The molecule has 0 unspecified atom stereocenters. The second-order valence-electron chi connectivity index (χ2n) is 6.75. The normalized spacial score (nSPS) is 19.3. The van der Waals surface area contributed by atoms with E-state index in [-0.39, 0.29) is 0 Å². The number of nitrogens with zero attached hydrogens (tertiary/aromatic N) is 6. The van der Waals surface area contributed by atoms with Gasteiger partial charge in [-0.05, 0) is 54.3 Å². The van der Waals surface area contributed by atoms with Crippen molar-refractivity contribution in [2.75, 3.05) is 31.1 Å². The van der Waals surface area contributed by atoms with E-state index in [1.165, 1.54) is 29.7 Å². The van der Waals surface area contributed by atoms with Crippen molar-refractivity contribution in [3.05, 3.63) is 35.2 Å². The first-order chi connectivity index (χ1) is 11.2. The summed E-state index contributed by atoms with van der Waals surface area (Å²) >= 11 is 0. The SMILES string of the molecule is Cc1cccc(N2CCN(Cc3nnnn3C3CC3)CC2)c1C. The van der Waals surface area contributed by atoms with Gasteiger partial charge in [0.2, 0.25) is 0 Å². The monoisotopic (exact) mass is 312 g/mol. The molecule has 1 aliphatic carbocycles. The van der Waals surface area contributed by atoms with E-state index in [1.54, 1.807) is 0 Å². The zero-order chi connectivity index (χ0) is 15.8. The Morgan fingerprint density at radius 3 is 2.61 bits per heavy atom. The molecule has 1 aliphatic heterocycles. The first-order valence-corrected chi connectivity index (χ1v) is 8.52. The van der Waals surface area contributed by atoms with Crippen molar-refractivity contribution >= 4 is 5.69 Å². The molecule has 0 radical (unpaired) electrons. The van der Waals surface area contributed by atoms with Gasteiger partial charge in [-0.25, -0.2) is 4.68 Å². The van der Waals surface area contributed by atoms with E-state index in [0.717, 1.165) is 38.5 Å². The highest BCUT2D eigenvalue weighted by Crippen LogP contribution is 2.34. The molecule has 1 aromatic heterocycles. The highest BCUT2D eigenvalue weighted by molar-refractivity contribution is 5.56. The predicted molar refractivity (Wildman–Crippen MR) is 89.5 cm³/mol. The molecular weight excluding hydrogens is 288 g/mol. The molecule has 0 spiro atoms. The highest BCUT2D eigenvalue weighted by atomic mass is 15.6. The van der Waals surface area contributed by atoms with Crippen molar-refractivity contribution in [2.24, 2.45) is 0 Å². The zero-order valence-corrected chi connectivity index (χ0v) is 13.9. The van der Waals surface area contributed by atoms with Gasteiger partial charge >= 0.3 is 0 Å². The third-order valence-electron chi connectivity index (χ3n) is 5.11. The first-order valence-electron chi connectivity index (χ1n) is 8.52. The standard InChI is InChI=1S/C17H24N6/c1-13-4-3-5-16(14(13)2)22-10-8-21(9-11-22)12-17-18-19-20-23(17)15-6-7-15/h3-5,15H,6-12H2,1-2H3. The number of aryl methyl sites for hydroxylation is 1. The Bertz CT molecular complexity index is 682. The van der Waals surface area contributed by atoms with Crippen LogP contribution in [0.25, 0.3) is 0 Å². The second-order valence-corrected chi connectivity index (χ2v) is 6.75. The largest absolute Gasteiger partial charge is 0.369 e. The van der Waals surface area contributed by atoms with Gasteiger partial charge < -0.3 is 4.90 Å². The van der Waals surface area contributed by atoms with Gasteiger partial charge in [0.1, 0.15) is 0 Å². The molecule has 2 aliphatic rings. The number of piperazine rings is 1. The minimum atomic E-state index is 0.552. The summed E-state index contributed by atoms with van der Waals surface area (Å²) < 4.78 is 2.02. The second kappa shape index (κ2) is 5.92. The van der Waals surface area contributed by atoms with Crippen molar-refractivity contribution < 1.29 is 0 Å². The minimum absolute atomic E-state index is 0.552. The maximum Gasteiger partial charge on any atom is 0.165 e. The van der Waals surface area contributed by atoms with Crippen molar-refractivity contribution in [1.29, 1.82) is 0 Å². The molecule has 0 N–H and O–H groups in total. The molecule has 0 bridgehead atoms. The molecule has 6 heteroatoms. The third-order valence-corrected chi connectivity index (χ3v) is 5.11. The highest BCUT2D eigenvalue weighted by Gasteiger charge is 2.29. The van der Waals surface area contributed by atoms with E-state index in [4.69, 9.17) is 0 Å². The fourth-order valence-electron chi connectivity index (χ4n) is 3.34.